The summed E-state index contributed by atoms with van der Waals surface area (Å²) in [6.07, 6.45) is 6.58. The van der Waals surface area contributed by atoms with E-state index in [2.05, 4.69) is 48.5 Å². The molecular weight excluding hydrogens is 668 g/mol. The van der Waals surface area contributed by atoms with Gasteiger partial charge in [0.25, 0.3) is 0 Å². The van der Waals surface area contributed by atoms with E-state index in [4.69, 9.17) is 4.74 Å². The van der Waals surface area contributed by atoms with Crippen LogP contribution in [0.4, 0.5) is 0 Å². The predicted molar refractivity (Wildman–Crippen MR) is 207 cm³/mol. The van der Waals surface area contributed by atoms with Gasteiger partial charge in [-0.15, -0.1) is 0 Å². The number of carbonyl (C=O) groups excluding carboxylic acids is 3. The molecule has 9 heteroatoms. The van der Waals surface area contributed by atoms with Gasteiger partial charge in [0.05, 0.1) is 24.5 Å². The Hall–Kier alpha value is -2.26. The first-order chi connectivity index (χ1) is 24.3. The first-order valence-electron chi connectivity index (χ1n) is 20.6. The predicted octanol–water partition coefficient (Wildman–Crippen LogP) is 7.54. The summed E-state index contributed by atoms with van der Waals surface area (Å²) in [4.78, 5) is 56.1. The number of fused-ring (bicyclic) bond motifs is 7. The maximum Gasteiger partial charge on any atom is 0.309 e. The Morgan fingerprint density at radius 3 is 2.09 bits per heavy atom. The van der Waals surface area contributed by atoms with E-state index in [0.717, 1.165) is 56.9 Å². The summed E-state index contributed by atoms with van der Waals surface area (Å²) < 4.78 is 6.16. The van der Waals surface area contributed by atoms with Gasteiger partial charge < -0.3 is 24.7 Å². The van der Waals surface area contributed by atoms with Crippen molar-refractivity contribution in [1.29, 1.82) is 0 Å². The Bertz CT molecular complexity index is 1510. The van der Waals surface area contributed by atoms with Gasteiger partial charge in [-0.05, 0) is 139 Å². The fraction of sp³-hybridized carbons (Fsp3) is 0.864. The number of ether oxygens (including phenoxy) is 1. The molecule has 0 aromatic rings. The van der Waals surface area contributed by atoms with E-state index in [1.165, 1.54) is 5.57 Å². The Kier molecular flexibility index (Phi) is 11.1. The van der Waals surface area contributed by atoms with Crippen molar-refractivity contribution in [1.82, 2.24) is 9.80 Å². The van der Waals surface area contributed by atoms with Gasteiger partial charge in [-0.1, -0.05) is 54.0 Å². The number of hydrogen-bond donors (Lipinski definition) is 2. The molecule has 1 unspecified atom stereocenters. The van der Waals surface area contributed by atoms with Gasteiger partial charge in [0.1, 0.15) is 6.10 Å². The van der Waals surface area contributed by atoms with Crippen molar-refractivity contribution >= 4 is 23.6 Å². The van der Waals surface area contributed by atoms with Crippen molar-refractivity contribution < 1.29 is 34.1 Å². The lowest BCUT2D eigenvalue weighted by Crippen LogP contribution is -2.66. The number of aliphatic hydroxyl groups excluding tert-OH is 1. The minimum absolute atomic E-state index is 0.00503. The average Bonchev–Trinajstić information content (AvgIpc) is 3.34. The number of aliphatic carboxylic acids is 1. The second-order valence-electron chi connectivity index (χ2n) is 21.0. The molecule has 4 saturated carbocycles. The first kappa shape index (κ1) is 41.9. The zero-order valence-corrected chi connectivity index (χ0v) is 35.4. The van der Waals surface area contributed by atoms with Crippen LogP contribution in [0.25, 0.3) is 0 Å². The molecule has 5 rings (SSSR count). The summed E-state index contributed by atoms with van der Waals surface area (Å²) in [5.74, 6) is -0.215. The highest BCUT2D eigenvalue weighted by Crippen LogP contribution is 2.77. The van der Waals surface area contributed by atoms with Gasteiger partial charge in [-0.2, -0.15) is 0 Å². The maximum atomic E-state index is 14.1. The number of nitrogens with zero attached hydrogens (tertiary/aromatic N) is 2. The largest absolute Gasteiger partial charge is 0.481 e. The van der Waals surface area contributed by atoms with Crippen molar-refractivity contribution in [2.75, 3.05) is 27.2 Å². The molecule has 53 heavy (non-hydrogen) atoms. The molecule has 5 aliphatic carbocycles. The quantitative estimate of drug-likeness (QED) is 0.208. The van der Waals surface area contributed by atoms with Gasteiger partial charge in [0, 0.05) is 29.8 Å². The highest BCUT2D eigenvalue weighted by Gasteiger charge is 2.71. The third-order valence-electron chi connectivity index (χ3n) is 16.3. The average molecular weight is 741 g/mol. The maximum absolute atomic E-state index is 14.1. The van der Waals surface area contributed by atoms with Crippen LogP contribution >= 0.6 is 0 Å². The number of Topliss-reactive ketones (excluding diaryl/α,β-unsaturated/α-hetero) is 1. The molecule has 0 bridgehead atoms. The zero-order chi connectivity index (χ0) is 39.9. The molecule has 4 fully saturated rings. The minimum Gasteiger partial charge on any atom is -0.481 e. The minimum atomic E-state index is -1.18. The highest BCUT2D eigenvalue weighted by molar-refractivity contribution is 6.00. The van der Waals surface area contributed by atoms with Crippen molar-refractivity contribution in [3.05, 3.63) is 11.1 Å². The molecule has 1 amide bonds. The molecule has 9 atom stereocenters. The zero-order valence-electron chi connectivity index (χ0n) is 35.4. The summed E-state index contributed by atoms with van der Waals surface area (Å²) in [7, 11) is 3.77. The van der Waals surface area contributed by atoms with Gasteiger partial charge in [-0.3, -0.25) is 19.2 Å². The van der Waals surface area contributed by atoms with Gasteiger partial charge in [0.2, 0.25) is 5.91 Å². The number of likely N-dealkylation sites (N-methyl/N-ethyl adjacent to an activating group) is 1. The van der Waals surface area contributed by atoms with Gasteiger partial charge in [-0.25, -0.2) is 0 Å². The molecular formula is C44H72N2O7. The summed E-state index contributed by atoms with van der Waals surface area (Å²) >= 11 is 0. The molecule has 0 radical (unpaired) electrons. The lowest BCUT2D eigenvalue weighted by atomic mass is 9.33. The van der Waals surface area contributed by atoms with E-state index >= 15 is 0 Å². The Balaban J connectivity index is 1.46. The number of amides is 1. The number of carbonyl (C=O) groups is 4. The number of aliphatic hydroxyl groups is 1. The Labute approximate surface area is 320 Å². The lowest BCUT2D eigenvalue weighted by Gasteiger charge is -2.72. The molecule has 300 valence electrons. The molecule has 0 aromatic heterocycles. The fourth-order valence-electron chi connectivity index (χ4n) is 13.2. The topological polar surface area (TPSA) is 124 Å². The van der Waals surface area contributed by atoms with Crippen LogP contribution in [-0.2, 0) is 23.9 Å². The fourth-order valence-corrected chi connectivity index (χ4v) is 13.2. The van der Waals surface area contributed by atoms with Crippen LogP contribution < -0.4 is 0 Å². The molecule has 0 saturated heterocycles. The molecule has 2 N–H and O–H groups in total. The van der Waals surface area contributed by atoms with E-state index < -0.39 is 28.9 Å². The van der Waals surface area contributed by atoms with Crippen molar-refractivity contribution in [2.24, 2.45) is 56.2 Å². The lowest BCUT2D eigenvalue weighted by molar-refractivity contribution is -0.235. The van der Waals surface area contributed by atoms with E-state index in [-0.39, 0.29) is 76.8 Å². The molecule has 0 spiro atoms. The third-order valence-corrected chi connectivity index (χ3v) is 16.3. The number of ketones is 1. The Morgan fingerprint density at radius 1 is 0.887 bits per heavy atom. The van der Waals surface area contributed by atoms with Crippen LogP contribution in [0.15, 0.2) is 11.1 Å². The monoisotopic (exact) mass is 741 g/mol. The van der Waals surface area contributed by atoms with Crippen LogP contribution in [0.1, 0.15) is 140 Å². The number of carboxylic acid groups (broad SMARTS) is 1. The van der Waals surface area contributed by atoms with Crippen molar-refractivity contribution in [3.63, 3.8) is 0 Å². The van der Waals surface area contributed by atoms with Crippen LogP contribution in [0.2, 0.25) is 0 Å². The molecule has 0 aliphatic heterocycles. The smallest absolute Gasteiger partial charge is 0.309 e. The second kappa shape index (κ2) is 14.0. The van der Waals surface area contributed by atoms with E-state index in [9.17, 15) is 29.4 Å². The molecule has 5 aliphatic rings. The highest BCUT2D eigenvalue weighted by atomic mass is 16.5. The number of esters is 1. The molecule has 0 heterocycles. The third kappa shape index (κ3) is 6.63. The molecule has 0 aromatic carbocycles. The number of hydrogen-bond acceptors (Lipinski definition) is 7. The summed E-state index contributed by atoms with van der Waals surface area (Å²) in [5.41, 5.74) is 0.0331. The van der Waals surface area contributed by atoms with E-state index in [1.807, 2.05) is 37.7 Å². The van der Waals surface area contributed by atoms with Crippen LogP contribution in [-0.4, -0.2) is 89.1 Å². The number of carboxylic acids is 1. The Morgan fingerprint density at radius 2 is 1.53 bits per heavy atom. The molecule has 9 nitrogen and oxygen atoms in total. The summed E-state index contributed by atoms with van der Waals surface area (Å²) in [5, 5.41) is 22.0. The van der Waals surface area contributed by atoms with Gasteiger partial charge in [0.15, 0.2) is 5.78 Å². The van der Waals surface area contributed by atoms with Crippen molar-refractivity contribution in [3.8, 4) is 0 Å². The van der Waals surface area contributed by atoms with Gasteiger partial charge >= 0.3 is 11.9 Å². The standard InChI is InChI=1S/C44H72N2O7/c1-26(2)36-29(47)22-44(32(48)24-46(27(3)4)34(49)25-45(12)13)21-20-42(10)28(37(36)44)14-15-31-41(9)18-17-33(53-35(50)23-39(5,6)38(51)52)40(7,8)30(41)16-19-43(31,42)11/h26-28,30-33,48H,14-25H2,1-13H3,(H,51,52)/t28-,30+,31-,32+,33?,41+,42-,43-,44+/m1/s1. The van der Waals surface area contributed by atoms with E-state index in [1.54, 1.807) is 13.8 Å². The van der Waals surface area contributed by atoms with E-state index in [0.29, 0.717) is 18.3 Å². The van der Waals surface area contributed by atoms with Crippen LogP contribution in [0.5, 0.6) is 0 Å². The van der Waals surface area contributed by atoms with Crippen molar-refractivity contribution in [2.45, 2.75) is 159 Å². The number of rotatable bonds is 11. The number of allylic oxidation sites excluding steroid dienone is 1. The van der Waals surface area contributed by atoms with Crippen LogP contribution in [0.3, 0.4) is 0 Å². The van der Waals surface area contributed by atoms with Crippen LogP contribution in [0, 0.1) is 56.2 Å². The summed E-state index contributed by atoms with van der Waals surface area (Å²) in [6.45, 7) is 24.0. The SMILES string of the molecule is CC(C)C1=C2[C@H]3CC[C@@H]4[C@@]5(C)CCC(OC(=O)CC(C)(C)C(=O)O)C(C)(C)[C@@H]5CC[C@@]4(C)[C@]3(C)CC[C@@]2([C@@H](O)CN(C(=O)CN(C)C)C(C)C)CC1=O. The second-order valence-corrected chi connectivity index (χ2v) is 21.0. The normalized spacial score (nSPS) is 37.2. The summed E-state index contributed by atoms with van der Waals surface area (Å²) in [6, 6.07) is -0.0683. The first-order valence-corrected chi connectivity index (χ1v) is 20.6.